The van der Waals surface area contributed by atoms with Gasteiger partial charge in [0.25, 0.3) is 0 Å². The highest BCUT2D eigenvalue weighted by Gasteiger charge is 2.41. The van der Waals surface area contributed by atoms with Gasteiger partial charge in [0.2, 0.25) is 0 Å². The molecule has 0 aromatic rings. The fourth-order valence-corrected chi connectivity index (χ4v) is 4.45. The van der Waals surface area contributed by atoms with Crippen molar-refractivity contribution in [3.63, 3.8) is 0 Å². The van der Waals surface area contributed by atoms with Crippen molar-refractivity contribution in [1.29, 1.82) is 0 Å². The molecule has 0 aromatic heterocycles. The molecule has 130 valence electrons. The third-order valence-electron chi connectivity index (χ3n) is 5.43. The van der Waals surface area contributed by atoms with Crippen LogP contribution >= 0.6 is 0 Å². The van der Waals surface area contributed by atoms with E-state index in [1.165, 1.54) is 32.1 Å². The molecule has 0 aromatic carbocycles. The van der Waals surface area contributed by atoms with Gasteiger partial charge in [-0.15, -0.1) is 0 Å². The molecule has 0 amide bonds. The molecule has 2 unspecified atom stereocenters. The van der Waals surface area contributed by atoms with Crippen molar-refractivity contribution in [2.75, 3.05) is 26.3 Å². The van der Waals surface area contributed by atoms with Crippen LogP contribution < -0.4 is 0 Å². The minimum Gasteiger partial charge on any atom is -0.379 e. The van der Waals surface area contributed by atoms with E-state index < -0.39 is 0 Å². The standard InChI is InChI=1S/C11H21N.C8H17NO/c1-11(2,3)12-9-5-4-6-10(12)8-7-9;1-8(2,3)9-4-6-10-7-5-9/h9-10H,4-8H2,1-3H3;4-7H2,1-3H3. The van der Waals surface area contributed by atoms with Crippen molar-refractivity contribution >= 4 is 0 Å². The number of rotatable bonds is 0. The molecule has 3 nitrogen and oxygen atoms in total. The van der Waals surface area contributed by atoms with E-state index in [2.05, 4.69) is 51.3 Å². The van der Waals surface area contributed by atoms with Gasteiger partial charge in [0, 0.05) is 36.3 Å². The Hall–Kier alpha value is -0.120. The van der Waals surface area contributed by atoms with Gasteiger partial charge in [0.1, 0.15) is 0 Å². The average molecular weight is 311 g/mol. The second-order valence-electron chi connectivity index (χ2n) is 9.16. The average Bonchev–Trinajstić information content (AvgIpc) is 2.71. The van der Waals surface area contributed by atoms with Crippen LogP contribution in [0.2, 0.25) is 0 Å². The molecule has 0 saturated carbocycles. The van der Waals surface area contributed by atoms with Crippen molar-refractivity contribution in [1.82, 2.24) is 9.80 Å². The fraction of sp³-hybridized carbons (Fsp3) is 1.00. The first-order valence-electron chi connectivity index (χ1n) is 9.31. The minimum atomic E-state index is 0.323. The highest BCUT2D eigenvalue weighted by Crippen LogP contribution is 2.39. The largest absolute Gasteiger partial charge is 0.379 e. The molecule has 3 heteroatoms. The molecule has 0 spiro atoms. The monoisotopic (exact) mass is 310 g/mol. The van der Waals surface area contributed by atoms with Crippen molar-refractivity contribution in [2.24, 2.45) is 0 Å². The van der Waals surface area contributed by atoms with Gasteiger partial charge in [0.15, 0.2) is 0 Å². The van der Waals surface area contributed by atoms with E-state index in [1.807, 2.05) is 0 Å². The van der Waals surface area contributed by atoms with Crippen molar-refractivity contribution in [3.05, 3.63) is 0 Å². The second kappa shape index (κ2) is 7.19. The maximum absolute atomic E-state index is 5.25. The van der Waals surface area contributed by atoms with Crippen LogP contribution in [-0.2, 0) is 4.74 Å². The zero-order valence-corrected chi connectivity index (χ0v) is 15.8. The quantitative estimate of drug-likeness (QED) is 0.674. The van der Waals surface area contributed by atoms with Gasteiger partial charge in [0.05, 0.1) is 13.2 Å². The summed E-state index contributed by atoms with van der Waals surface area (Å²) in [5.74, 6) is 0. The lowest BCUT2D eigenvalue weighted by Crippen LogP contribution is -2.51. The Morgan fingerprint density at radius 1 is 0.727 bits per heavy atom. The van der Waals surface area contributed by atoms with E-state index >= 15 is 0 Å². The third-order valence-corrected chi connectivity index (χ3v) is 5.43. The van der Waals surface area contributed by atoms with Gasteiger partial charge in [-0.25, -0.2) is 0 Å². The first-order chi connectivity index (χ1) is 10.2. The maximum Gasteiger partial charge on any atom is 0.0594 e. The normalized spacial score (nSPS) is 30.8. The zero-order valence-electron chi connectivity index (χ0n) is 15.8. The van der Waals surface area contributed by atoms with E-state index in [-0.39, 0.29) is 0 Å². The molecular weight excluding hydrogens is 272 g/mol. The summed E-state index contributed by atoms with van der Waals surface area (Å²) < 4.78 is 5.25. The van der Waals surface area contributed by atoms with Gasteiger partial charge < -0.3 is 4.74 Å². The number of fused-ring (bicyclic) bond motifs is 2. The summed E-state index contributed by atoms with van der Waals surface area (Å²) in [6.45, 7) is 17.8. The van der Waals surface area contributed by atoms with Crippen molar-refractivity contribution in [2.45, 2.75) is 96.8 Å². The van der Waals surface area contributed by atoms with Crippen molar-refractivity contribution in [3.8, 4) is 0 Å². The summed E-state index contributed by atoms with van der Waals surface area (Å²) in [7, 11) is 0. The molecule has 3 heterocycles. The second-order valence-corrected chi connectivity index (χ2v) is 9.16. The fourth-order valence-electron chi connectivity index (χ4n) is 4.45. The number of hydrogen-bond acceptors (Lipinski definition) is 3. The Morgan fingerprint density at radius 2 is 1.23 bits per heavy atom. The molecule has 3 aliphatic rings. The lowest BCUT2D eigenvalue weighted by atomic mass is 9.95. The lowest BCUT2D eigenvalue weighted by Gasteiger charge is -2.44. The van der Waals surface area contributed by atoms with Gasteiger partial charge in [-0.1, -0.05) is 6.42 Å². The Bertz CT molecular complexity index is 320. The lowest BCUT2D eigenvalue weighted by molar-refractivity contribution is -0.00389. The molecule has 22 heavy (non-hydrogen) atoms. The van der Waals surface area contributed by atoms with Gasteiger partial charge in [-0.2, -0.15) is 0 Å². The van der Waals surface area contributed by atoms with Gasteiger partial charge in [-0.05, 0) is 67.2 Å². The zero-order chi connectivity index (χ0) is 16.4. The van der Waals surface area contributed by atoms with Crippen LogP contribution in [0.5, 0.6) is 0 Å². The Balaban J connectivity index is 0.000000164. The summed E-state index contributed by atoms with van der Waals surface area (Å²) in [5, 5.41) is 0. The number of hydrogen-bond donors (Lipinski definition) is 0. The number of morpholine rings is 1. The van der Waals surface area contributed by atoms with E-state index in [0.29, 0.717) is 11.1 Å². The number of piperidine rings is 1. The first-order valence-corrected chi connectivity index (χ1v) is 9.31. The van der Waals surface area contributed by atoms with Gasteiger partial charge in [-0.3, -0.25) is 9.80 Å². The Morgan fingerprint density at radius 3 is 1.55 bits per heavy atom. The predicted molar refractivity (Wildman–Crippen MR) is 94.4 cm³/mol. The highest BCUT2D eigenvalue weighted by atomic mass is 16.5. The SMILES string of the molecule is CC(C)(C)N1C2CCCC1CC2.CC(C)(C)N1CCOCC1. The predicted octanol–water partition coefficient (Wildman–Crippen LogP) is 3.92. The molecule has 3 saturated heterocycles. The van der Waals surface area contributed by atoms with Crippen LogP contribution in [0, 0.1) is 0 Å². The summed E-state index contributed by atoms with van der Waals surface area (Å²) in [4.78, 5) is 5.23. The maximum atomic E-state index is 5.25. The molecule has 3 aliphatic heterocycles. The Labute approximate surface area is 138 Å². The van der Waals surface area contributed by atoms with E-state index in [0.717, 1.165) is 38.4 Å². The summed E-state index contributed by atoms with van der Waals surface area (Å²) in [5.41, 5.74) is 0.732. The molecule has 3 fully saturated rings. The summed E-state index contributed by atoms with van der Waals surface area (Å²) in [6.07, 6.45) is 7.30. The molecule has 0 aliphatic carbocycles. The molecule has 0 N–H and O–H groups in total. The summed E-state index contributed by atoms with van der Waals surface area (Å²) in [6, 6.07) is 1.84. The van der Waals surface area contributed by atoms with Crippen LogP contribution in [0.3, 0.4) is 0 Å². The molecule has 0 radical (unpaired) electrons. The number of ether oxygens (including phenoxy) is 1. The van der Waals surface area contributed by atoms with E-state index in [1.54, 1.807) is 0 Å². The Kier molecular flexibility index (Phi) is 5.95. The minimum absolute atomic E-state index is 0.323. The third kappa shape index (κ3) is 4.69. The molecule has 2 atom stereocenters. The topological polar surface area (TPSA) is 15.7 Å². The molecular formula is C19H38N2O. The molecule has 2 bridgehead atoms. The van der Waals surface area contributed by atoms with Crippen LogP contribution in [0.25, 0.3) is 0 Å². The summed E-state index contributed by atoms with van der Waals surface area (Å²) >= 11 is 0. The van der Waals surface area contributed by atoms with Crippen LogP contribution in [0.1, 0.15) is 73.6 Å². The van der Waals surface area contributed by atoms with Crippen LogP contribution in [0.15, 0.2) is 0 Å². The van der Waals surface area contributed by atoms with E-state index in [4.69, 9.17) is 4.74 Å². The van der Waals surface area contributed by atoms with Gasteiger partial charge >= 0.3 is 0 Å². The van der Waals surface area contributed by atoms with Crippen LogP contribution in [0.4, 0.5) is 0 Å². The van der Waals surface area contributed by atoms with Crippen molar-refractivity contribution < 1.29 is 4.74 Å². The molecule has 3 rings (SSSR count). The smallest absolute Gasteiger partial charge is 0.0594 e. The van der Waals surface area contributed by atoms with E-state index in [9.17, 15) is 0 Å². The highest BCUT2D eigenvalue weighted by molar-refractivity contribution is 4.97. The first kappa shape index (κ1) is 18.2. The number of nitrogens with zero attached hydrogens (tertiary/aromatic N) is 2. The van der Waals surface area contributed by atoms with Crippen LogP contribution in [-0.4, -0.2) is 59.3 Å².